The highest BCUT2D eigenvalue weighted by Crippen LogP contribution is 2.22. The van der Waals surface area contributed by atoms with E-state index < -0.39 is 10.8 Å². The molecule has 1 saturated heterocycles. The number of oxime groups is 1. The molecule has 1 aliphatic heterocycles. The van der Waals surface area contributed by atoms with Crippen LogP contribution in [0.15, 0.2) is 5.16 Å². The highest BCUT2D eigenvalue weighted by molar-refractivity contribution is 7.85. The Labute approximate surface area is 106 Å². The summed E-state index contributed by atoms with van der Waals surface area (Å²) in [5.41, 5.74) is 5.38. The molecule has 0 aromatic rings. The van der Waals surface area contributed by atoms with E-state index in [1.54, 1.807) is 0 Å². The van der Waals surface area contributed by atoms with Gasteiger partial charge in [-0.25, -0.2) is 0 Å². The summed E-state index contributed by atoms with van der Waals surface area (Å²) in [6, 6.07) is 0. The molecule has 1 fully saturated rings. The number of nitrogens with two attached hydrogens (primary N) is 1. The molecule has 0 bridgehead atoms. The minimum atomic E-state index is -0.606. The van der Waals surface area contributed by atoms with Crippen LogP contribution in [0.25, 0.3) is 0 Å². The zero-order valence-electron chi connectivity index (χ0n) is 10.7. The molecule has 0 atom stereocenters. The average molecular weight is 261 g/mol. The third-order valence-corrected chi connectivity index (χ3v) is 4.62. The highest BCUT2D eigenvalue weighted by atomic mass is 32.2. The van der Waals surface area contributed by atoms with E-state index in [2.05, 4.69) is 10.1 Å². The summed E-state index contributed by atoms with van der Waals surface area (Å²) in [5, 5.41) is 11.7. The van der Waals surface area contributed by atoms with Crippen molar-refractivity contribution in [1.82, 2.24) is 4.90 Å². The summed E-state index contributed by atoms with van der Waals surface area (Å²) in [6.07, 6.45) is 1.90. The van der Waals surface area contributed by atoms with Crippen molar-refractivity contribution >= 4 is 16.6 Å². The highest BCUT2D eigenvalue weighted by Gasteiger charge is 2.23. The van der Waals surface area contributed by atoms with Crippen LogP contribution in [0, 0.1) is 5.41 Å². The topological polar surface area (TPSA) is 78.9 Å². The first-order valence-corrected chi connectivity index (χ1v) is 7.50. The fourth-order valence-electron chi connectivity index (χ4n) is 1.91. The quantitative estimate of drug-likeness (QED) is 0.329. The third-order valence-electron chi connectivity index (χ3n) is 3.35. The van der Waals surface area contributed by atoms with Gasteiger partial charge in [0.15, 0.2) is 0 Å². The van der Waals surface area contributed by atoms with Crippen LogP contribution >= 0.6 is 0 Å². The monoisotopic (exact) mass is 261 g/mol. The molecule has 5 nitrogen and oxygen atoms in total. The lowest BCUT2D eigenvalue weighted by molar-refractivity contribution is 0.273. The SMILES string of the molecule is CC(C)(CCCN1CCS(=O)CC1)C(N)=NO. The van der Waals surface area contributed by atoms with Gasteiger partial charge in [-0.05, 0) is 19.4 Å². The van der Waals surface area contributed by atoms with Crippen LogP contribution in [-0.4, -0.2) is 51.3 Å². The number of nitrogens with zero attached hydrogens (tertiary/aromatic N) is 2. The molecular formula is C11H23N3O2S. The van der Waals surface area contributed by atoms with Gasteiger partial charge in [0.2, 0.25) is 0 Å². The number of rotatable bonds is 5. The molecule has 0 saturated carbocycles. The fraction of sp³-hybridized carbons (Fsp3) is 0.909. The Bertz CT molecular complexity index is 295. The smallest absolute Gasteiger partial charge is 0.144 e. The van der Waals surface area contributed by atoms with Gasteiger partial charge in [0.1, 0.15) is 5.84 Å². The average Bonchev–Trinajstić information content (AvgIpc) is 2.30. The summed E-state index contributed by atoms with van der Waals surface area (Å²) in [7, 11) is -0.606. The van der Waals surface area contributed by atoms with E-state index in [4.69, 9.17) is 10.9 Å². The largest absolute Gasteiger partial charge is 0.409 e. The molecule has 100 valence electrons. The maximum atomic E-state index is 11.2. The first-order valence-electron chi connectivity index (χ1n) is 6.01. The molecule has 0 aliphatic carbocycles. The Hall–Kier alpha value is -0.620. The Morgan fingerprint density at radius 1 is 1.47 bits per heavy atom. The van der Waals surface area contributed by atoms with E-state index in [-0.39, 0.29) is 11.3 Å². The van der Waals surface area contributed by atoms with Gasteiger partial charge in [0, 0.05) is 40.8 Å². The van der Waals surface area contributed by atoms with Crippen LogP contribution in [0.5, 0.6) is 0 Å². The predicted octanol–water partition coefficient (Wildman–Crippen LogP) is 0.604. The molecule has 0 unspecified atom stereocenters. The fourth-order valence-corrected chi connectivity index (χ4v) is 3.04. The van der Waals surface area contributed by atoms with E-state index in [1.807, 2.05) is 13.8 Å². The first kappa shape index (κ1) is 14.4. The summed E-state index contributed by atoms with van der Waals surface area (Å²) in [6.45, 7) is 6.81. The second-order valence-corrected chi connectivity index (χ2v) is 6.86. The zero-order valence-corrected chi connectivity index (χ0v) is 11.5. The normalized spacial score (nSPS) is 20.7. The Morgan fingerprint density at radius 3 is 2.59 bits per heavy atom. The second-order valence-electron chi connectivity index (χ2n) is 5.16. The summed E-state index contributed by atoms with van der Waals surface area (Å²) >= 11 is 0. The number of amidine groups is 1. The summed E-state index contributed by atoms with van der Waals surface area (Å²) < 4.78 is 11.2. The van der Waals surface area contributed by atoms with Crippen molar-refractivity contribution in [3.05, 3.63) is 0 Å². The number of hydrogen-bond acceptors (Lipinski definition) is 4. The molecule has 1 aliphatic rings. The van der Waals surface area contributed by atoms with Gasteiger partial charge in [-0.15, -0.1) is 0 Å². The standard InChI is InChI=1S/C11H23N3O2S/c1-11(2,10(12)13-15)4-3-5-14-6-8-17(16)9-7-14/h15H,3-9H2,1-2H3,(H2,12,13). The van der Waals surface area contributed by atoms with Gasteiger partial charge in [-0.2, -0.15) is 0 Å². The Morgan fingerprint density at radius 2 is 2.06 bits per heavy atom. The van der Waals surface area contributed by atoms with Crippen LogP contribution in [-0.2, 0) is 10.8 Å². The number of hydrogen-bond donors (Lipinski definition) is 2. The van der Waals surface area contributed by atoms with E-state index in [0.29, 0.717) is 0 Å². The van der Waals surface area contributed by atoms with Crippen molar-refractivity contribution < 1.29 is 9.42 Å². The lowest BCUT2D eigenvalue weighted by Gasteiger charge is -2.28. The summed E-state index contributed by atoms with van der Waals surface area (Å²) in [4.78, 5) is 2.34. The van der Waals surface area contributed by atoms with E-state index >= 15 is 0 Å². The van der Waals surface area contributed by atoms with Crippen LogP contribution in [0.4, 0.5) is 0 Å². The van der Waals surface area contributed by atoms with Gasteiger partial charge >= 0.3 is 0 Å². The molecule has 0 aromatic carbocycles. The third kappa shape index (κ3) is 4.63. The zero-order chi connectivity index (χ0) is 12.9. The van der Waals surface area contributed by atoms with Gasteiger partial charge in [-0.1, -0.05) is 19.0 Å². The van der Waals surface area contributed by atoms with E-state index in [9.17, 15) is 4.21 Å². The van der Waals surface area contributed by atoms with Crippen molar-refractivity contribution in [2.45, 2.75) is 26.7 Å². The van der Waals surface area contributed by atoms with Gasteiger partial charge in [-0.3, -0.25) is 4.21 Å². The lowest BCUT2D eigenvalue weighted by atomic mass is 9.86. The molecule has 6 heteroatoms. The minimum Gasteiger partial charge on any atom is -0.409 e. The molecule has 0 spiro atoms. The van der Waals surface area contributed by atoms with Crippen LogP contribution in [0.1, 0.15) is 26.7 Å². The second kappa shape index (κ2) is 6.35. The van der Waals surface area contributed by atoms with Crippen molar-refractivity contribution in [3.8, 4) is 0 Å². The van der Waals surface area contributed by atoms with Gasteiger partial charge in [0.25, 0.3) is 0 Å². The van der Waals surface area contributed by atoms with Crippen molar-refractivity contribution in [2.24, 2.45) is 16.3 Å². The van der Waals surface area contributed by atoms with Gasteiger partial charge in [0.05, 0.1) is 0 Å². The van der Waals surface area contributed by atoms with Crippen LogP contribution < -0.4 is 5.73 Å². The summed E-state index contributed by atoms with van der Waals surface area (Å²) in [5.74, 6) is 1.88. The minimum absolute atomic E-state index is 0.257. The van der Waals surface area contributed by atoms with E-state index in [1.165, 1.54) is 0 Å². The van der Waals surface area contributed by atoms with E-state index in [0.717, 1.165) is 44.0 Å². The Kier molecular flexibility index (Phi) is 5.39. The molecule has 17 heavy (non-hydrogen) atoms. The molecular weight excluding hydrogens is 238 g/mol. The molecule has 0 amide bonds. The maximum Gasteiger partial charge on any atom is 0.144 e. The van der Waals surface area contributed by atoms with Crippen LogP contribution in [0.2, 0.25) is 0 Å². The van der Waals surface area contributed by atoms with Crippen molar-refractivity contribution in [2.75, 3.05) is 31.1 Å². The predicted molar refractivity (Wildman–Crippen MR) is 70.7 cm³/mol. The van der Waals surface area contributed by atoms with Gasteiger partial charge < -0.3 is 15.8 Å². The van der Waals surface area contributed by atoms with Crippen LogP contribution in [0.3, 0.4) is 0 Å². The first-order chi connectivity index (χ1) is 7.95. The molecule has 3 N–H and O–H groups in total. The molecule has 1 rings (SSSR count). The molecule has 0 radical (unpaired) electrons. The van der Waals surface area contributed by atoms with Crippen molar-refractivity contribution in [1.29, 1.82) is 0 Å². The van der Waals surface area contributed by atoms with Crippen molar-refractivity contribution in [3.63, 3.8) is 0 Å². The Balaban J connectivity index is 2.26. The lowest BCUT2D eigenvalue weighted by Crippen LogP contribution is -2.39. The molecule has 1 heterocycles. The maximum absolute atomic E-state index is 11.2. The molecule has 0 aromatic heterocycles.